The average molecular weight is 286 g/mol. The first kappa shape index (κ1) is 12.7. The van der Waals surface area contributed by atoms with E-state index in [0.717, 1.165) is 5.56 Å². The molecule has 16 heavy (non-hydrogen) atoms. The number of nitrogens with zero attached hydrogens (tertiary/aromatic N) is 1. The number of likely N-dealkylation sites (N-methyl/N-ethyl adjacent to an activating group) is 1. The van der Waals surface area contributed by atoms with Crippen molar-refractivity contribution >= 4 is 27.8 Å². The highest BCUT2D eigenvalue weighted by Crippen LogP contribution is 2.19. The highest BCUT2D eigenvalue weighted by atomic mass is 79.9. The number of carbonyl (C=O) groups excluding carboxylic acids is 1. The molecule has 0 aliphatic heterocycles. The molecule has 0 bridgehead atoms. The van der Waals surface area contributed by atoms with Gasteiger partial charge in [0.1, 0.15) is 6.54 Å². The Bertz CT molecular complexity index is 431. The van der Waals surface area contributed by atoms with Crippen molar-refractivity contribution < 1.29 is 14.7 Å². The van der Waals surface area contributed by atoms with E-state index in [-0.39, 0.29) is 12.5 Å². The molecule has 0 saturated carbocycles. The molecular formula is C11H12BrNO3. The lowest BCUT2D eigenvalue weighted by Crippen LogP contribution is -2.32. The van der Waals surface area contributed by atoms with Gasteiger partial charge in [0.15, 0.2) is 0 Å². The number of aliphatic carboxylic acids is 1. The zero-order valence-electron chi connectivity index (χ0n) is 9.03. The molecule has 1 aromatic carbocycles. The number of carbonyl (C=O) groups is 2. The molecule has 0 heterocycles. The van der Waals surface area contributed by atoms with Crippen LogP contribution in [-0.2, 0) is 4.79 Å². The summed E-state index contributed by atoms with van der Waals surface area (Å²) in [7, 11) is 1.46. The fraction of sp³-hybridized carbons (Fsp3) is 0.273. The van der Waals surface area contributed by atoms with Crippen LogP contribution in [0.25, 0.3) is 0 Å². The van der Waals surface area contributed by atoms with Crippen molar-refractivity contribution in [3.8, 4) is 0 Å². The Morgan fingerprint density at radius 1 is 1.44 bits per heavy atom. The molecule has 0 aliphatic carbocycles. The minimum atomic E-state index is -1.03. The van der Waals surface area contributed by atoms with Crippen LogP contribution < -0.4 is 0 Å². The summed E-state index contributed by atoms with van der Waals surface area (Å²) in [6, 6.07) is 5.38. The van der Waals surface area contributed by atoms with Crippen LogP contribution in [0.3, 0.4) is 0 Å². The lowest BCUT2D eigenvalue weighted by atomic mass is 10.1. The summed E-state index contributed by atoms with van der Waals surface area (Å²) in [5.41, 5.74) is 1.43. The number of carboxylic acids is 1. The first-order chi connectivity index (χ1) is 7.41. The van der Waals surface area contributed by atoms with Crippen molar-refractivity contribution in [2.75, 3.05) is 13.6 Å². The zero-order valence-corrected chi connectivity index (χ0v) is 10.6. The normalized spacial score (nSPS) is 9.94. The van der Waals surface area contributed by atoms with Gasteiger partial charge in [-0.25, -0.2) is 0 Å². The lowest BCUT2D eigenvalue weighted by Gasteiger charge is -2.15. The molecule has 0 aliphatic rings. The maximum atomic E-state index is 11.9. The molecule has 0 aromatic heterocycles. The Hall–Kier alpha value is -1.36. The maximum Gasteiger partial charge on any atom is 0.323 e. The fourth-order valence-corrected chi connectivity index (χ4v) is 1.70. The van der Waals surface area contributed by atoms with Crippen LogP contribution in [0, 0.1) is 6.92 Å². The van der Waals surface area contributed by atoms with Crippen molar-refractivity contribution in [1.82, 2.24) is 4.90 Å². The van der Waals surface area contributed by atoms with E-state index in [1.54, 1.807) is 12.1 Å². The smallest absolute Gasteiger partial charge is 0.323 e. The molecule has 0 fully saturated rings. The summed E-state index contributed by atoms with van der Waals surface area (Å²) >= 11 is 3.27. The molecule has 0 radical (unpaired) electrons. The molecule has 1 rings (SSSR count). The van der Waals surface area contributed by atoms with E-state index in [2.05, 4.69) is 15.9 Å². The molecule has 1 aromatic rings. The van der Waals surface area contributed by atoms with E-state index < -0.39 is 5.97 Å². The number of carboxylic acid groups (broad SMARTS) is 1. The third-order valence-corrected chi connectivity index (χ3v) is 2.76. The van der Waals surface area contributed by atoms with Gasteiger partial charge in [0.2, 0.25) is 0 Å². The molecule has 0 atom stereocenters. The van der Waals surface area contributed by atoms with Crippen LogP contribution in [0.15, 0.2) is 22.7 Å². The third-order valence-electron chi connectivity index (χ3n) is 2.07. The van der Waals surface area contributed by atoms with Gasteiger partial charge in [-0.05, 0) is 35.0 Å². The minimum Gasteiger partial charge on any atom is -0.480 e. The van der Waals surface area contributed by atoms with Crippen LogP contribution in [0.4, 0.5) is 0 Å². The SMILES string of the molecule is Cc1ccc(Br)c(C(=O)N(C)CC(=O)O)c1. The van der Waals surface area contributed by atoms with Crippen molar-refractivity contribution in [1.29, 1.82) is 0 Å². The molecule has 0 saturated heterocycles. The van der Waals surface area contributed by atoms with Crippen LogP contribution in [-0.4, -0.2) is 35.5 Å². The largest absolute Gasteiger partial charge is 0.480 e. The molecule has 4 nitrogen and oxygen atoms in total. The van der Waals surface area contributed by atoms with Gasteiger partial charge in [-0.1, -0.05) is 11.6 Å². The van der Waals surface area contributed by atoms with Crippen molar-refractivity contribution in [3.63, 3.8) is 0 Å². The molecule has 1 N–H and O–H groups in total. The molecule has 0 unspecified atom stereocenters. The summed E-state index contributed by atoms with van der Waals surface area (Å²) in [6.07, 6.45) is 0. The van der Waals surface area contributed by atoms with E-state index in [0.29, 0.717) is 10.0 Å². The molecule has 86 valence electrons. The standard InChI is InChI=1S/C11H12BrNO3/c1-7-3-4-9(12)8(5-7)11(16)13(2)6-10(14)15/h3-5H,6H2,1-2H3,(H,14,15). The molecule has 0 spiro atoms. The number of rotatable bonds is 3. The first-order valence-electron chi connectivity index (χ1n) is 4.65. The molecular weight excluding hydrogens is 274 g/mol. The summed E-state index contributed by atoms with van der Waals surface area (Å²) < 4.78 is 0.667. The number of hydrogen-bond donors (Lipinski definition) is 1. The quantitative estimate of drug-likeness (QED) is 0.923. The van der Waals surface area contributed by atoms with E-state index in [1.165, 1.54) is 11.9 Å². The number of hydrogen-bond acceptors (Lipinski definition) is 2. The monoisotopic (exact) mass is 285 g/mol. The van der Waals surface area contributed by atoms with Gasteiger partial charge in [0.05, 0.1) is 5.56 Å². The Morgan fingerprint density at radius 3 is 2.62 bits per heavy atom. The molecule has 5 heteroatoms. The van der Waals surface area contributed by atoms with Crippen molar-refractivity contribution in [2.24, 2.45) is 0 Å². The van der Waals surface area contributed by atoms with Gasteiger partial charge in [-0.15, -0.1) is 0 Å². The topological polar surface area (TPSA) is 57.6 Å². The van der Waals surface area contributed by atoms with E-state index >= 15 is 0 Å². The van der Waals surface area contributed by atoms with Crippen molar-refractivity contribution in [3.05, 3.63) is 33.8 Å². The Labute approximate surface area is 102 Å². The minimum absolute atomic E-state index is 0.306. The summed E-state index contributed by atoms with van der Waals surface area (Å²) in [5.74, 6) is -1.34. The Kier molecular flexibility index (Phi) is 4.06. The van der Waals surface area contributed by atoms with Gasteiger partial charge >= 0.3 is 5.97 Å². The first-order valence-corrected chi connectivity index (χ1v) is 5.44. The fourth-order valence-electron chi connectivity index (χ4n) is 1.28. The third kappa shape index (κ3) is 3.06. The Balaban J connectivity index is 2.95. The average Bonchev–Trinajstić information content (AvgIpc) is 2.19. The van der Waals surface area contributed by atoms with Crippen LogP contribution >= 0.6 is 15.9 Å². The van der Waals surface area contributed by atoms with Gasteiger partial charge < -0.3 is 10.0 Å². The van der Waals surface area contributed by atoms with E-state index in [1.807, 2.05) is 13.0 Å². The molecule has 1 amide bonds. The number of amides is 1. The second kappa shape index (κ2) is 5.12. The summed E-state index contributed by atoms with van der Waals surface area (Å²) in [6.45, 7) is 1.57. The summed E-state index contributed by atoms with van der Waals surface area (Å²) in [4.78, 5) is 23.5. The predicted octanol–water partition coefficient (Wildman–Crippen LogP) is 1.91. The van der Waals surface area contributed by atoms with Gasteiger partial charge in [-0.2, -0.15) is 0 Å². The van der Waals surface area contributed by atoms with Crippen LogP contribution in [0.1, 0.15) is 15.9 Å². The number of aryl methyl sites for hydroxylation is 1. The number of benzene rings is 1. The maximum absolute atomic E-state index is 11.9. The van der Waals surface area contributed by atoms with Crippen LogP contribution in [0.2, 0.25) is 0 Å². The van der Waals surface area contributed by atoms with Crippen molar-refractivity contribution in [2.45, 2.75) is 6.92 Å². The summed E-state index contributed by atoms with van der Waals surface area (Å²) in [5, 5.41) is 8.60. The highest BCUT2D eigenvalue weighted by molar-refractivity contribution is 9.10. The van der Waals surface area contributed by atoms with Gasteiger partial charge in [0, 0.05) is 11.5 Å². The second-order valence-corrected chi connectivity index (χ2v) is 4.39. The van der Waals surface area contributed by atoms with Crippen LogP contribution in [0.5, 0.6) is 0 Å². The second-order valence-electron chi connectivity index (χ2n) is 3.54. The van der Waals surface area contributed by atoms with Gasteiger partial charge in [-0.3, -0.25) is 9.59 Å². The zero-order chi connectivity index (χ0) is 12.3. The van der Waals surface area contributed by atoms with E-state index in [9.17, 15) is 9.59 Å². The van der Waals surface area contributed by atoms with E-state index in [4.69, 9.17) is 5.11 Å². The Morgan fingerprint density at radius 2 is 2.06 bits per heavy atom. The van der Waals surface area contributed by atoms with Gasteiger partial charge in [0.25, 0.3) is 5.91 Å². The number of halogens is 1. The highest BCUT2D eigenvalue weighted by Gasteiger charge is 2.16. The lowest BCUT2D eigenvalue weighted by molar-refractivity contribution is -0.137. The predicted molar refractivity (Wildman–Crippen MR) is 63.5 cm³/mol.